The molecule has 0 bridgehead atoms. The number of ether oxygens (including phenoxy) is 1. The van der Waals surface area contributed by atoms with Crippen molar-refractivity contribution in [3.8, 4) is 0 Å². The standard InChI is InChI=1S/C20H28N2O5S/c1-3-21(17-10-13-28(25,26)15-17)18(23)20(2)11-7-12-22(20)19(24)27-14-16-8-5-4-6-9-16/h4-6,8-9,17H,3,7,10-15H2,1-2H3. The van der Waals surface area contributed by atoms with Crippen molar-refractivity contribution in [3.63, 3.8) is 0 Å². The van der Waals surface area contributed by atoms with Gasteiger partial charge in [0.1, 0.15) is 12.1 Å². The van der Waals surface area contributed by atoms with Crippen molar-refractivity contribution >= 4 is 21.8 Å². The highest BCUT2D eigenvalue weighted by Gasteiger charge is 2.50. The molecular weight excluding hydrogens is 380 g/mol. The van der Waals surface area contributed by atoms with Crippen molar-refractivity contribution in [2.75, 3.05) is 24.6 Å². The summed E-state index contributed by atoms with van der Waals surface area (Å²) in [5.74, 6) is -0.0754. The Labute approximate surface area is 166 Å². The summed E-state index contributed by atoms with van der Waals surface area (Å²) in [5.41, 5.74) is -0.120. The number of nitrogens with zero attached hydrogens (tertiary/aromatic N) is 2. The molecule has 1 aromatic rings. The predicted octanol–water partition coefficient (Wildman–Crippen LogP) is 2.21. The van der Waals surface area contributed by atoms with E-state index in [1.165, 1.54) is 4.90 Å². The van der Waals surface area contributed by atoms with Crippen LogP contribution in [0.3, 0.4) is 0 Å². The van der Waals surface area contributed by atoms with E-state index in [0.717, 1.165) is 5.56 Å². The van der Waals surface area contributed by atoms with Crippen LogP contribution >= 0.6 is 0 Å². The molecule has 0 N–H and O–H groups in total. The summed E-state index contributed by atoms with van der Waals surface area (Å²) in [5, 5.41) is 0. The molecule has 3 rings (SSSR count). The molecule has 1 aromatic carbocycles. The van der Waals surface area contributed by atoms with Crippen molar-refractivity contribution in [1.82, 2.24) is 9.80 Å². The molecular formula is C20H28N2O5S. The third-order valence-corrected chi connectivity index (χ3v) is 7.53. The van der Waals surface area contributed by atoms with Gasteiger partial charge in [-0.2, -0.15) is 0 Å². The minimum Gasteiger partial charge on any atom is -0.445 e. The molecule has 8 heteroatoms. The smallest absolute Gasteiger partial charge is 0.410 e. The van der Waals surface area contributed by atoms with Crippen molar-refractivity contribution < 1.29 is 22.7 Å². The summed E-state index contributed by atoms with van der Waals surface area (Å²) < 4.78 is 29.2. The fourth-order valence-corrected chi connectivity index (χ4v) is 5.90. The predicted molar refractivity (Wildman–Crippen MR) is 105 cm³/mol. The molecule has 0 aliphatic carbocycles. The summed E-state index contributed by atoms with van der Waals surface area (Å²) >= 11 is 0. The fraction of sp³-hybridized carbons (Fsp3) is 0.600. The van der Waals surface area contributed by atoms with Crippen molar-refractivity contribution in [1.29, 1.82) is 0 Å². The highest BCUT2D eigenvalue weighted by atomic mass is 32.2. The summed E-state index contributed by atoms with van der Waals surface area (Å²) in [4.78, 5) is 29.2. The van der Waals surface area contributed by atoms with Gasteiger partial charge < -0.3 is 9.64 Å². The average Bonchev–Trinajstić information content (AvgIpc) is 3.24. The highest BCUT2D eigenvalue weighted by Crippen LogP contribution is 2.33. The molecule has 0 aromatic heterocycles. The Balaban J connectivity index is 1.71. The van der Waals surface area contributed by atoms with Gasteiger partial charge in [0, 0.05) is 19.1 Å². The minimum atomic E-state index is -3.10. The quantitative estimate of drug-likeness (QED) is 0.746. The Morgan fingerprint density at radius 2 is 2.00 bits per heavy atom. The first-order valence-electron chi connectivity index (χ1n) is 9.76. The Morgan fingerprint density at radius 1 is 1.29 bits per heavy atom. The lowest BCUT2D eigenvalue weighted by Gasteiger charge is -2.39. The van der Waals surface area contributed by atoms with Crippen molar-refractivity contribution in [3.05, 3.63) is 35.9 Å². The summed E-state index contributed by atoms with van der Waals surface area (Å²) in [6.45, 7) is 4.63. The van der Waals surface area contributed by atoms with E-state index in [1.807, 2.05) is 37.3 Å². The SMILES string of the molecule is CCN(C(=O)C1(C)CCCN1C(=O)OCc1ccccc1)C1CCS(=O)(=O)C1. The summed E-state index contributed by atoms with van der Waals surface area (Å²) in [6, 6.07) is 9.08. The highest BCUT2D eigenvalue weighted by molar-refractivity contribution is 7.91. The molecule has 7 nitrogen and oxygen atoms in total. The molecule has 2 aliphatic heterocycles. The number of likely N-dealkylation sites (tertiary alicyclic amines) is 1. The maximum absolute atomic E-state index is 13.4. The Bertz CT molecular complexity index is 826. The van der Waals surface area contributed by atoms with Crippen LogP contribution in [0.1, 0.15) is 38.7 Å². The topological polar surface area (TPSA) is 84.0 Å². The molecule has 2 fully saturated rings. The minimum absolute atomic E-state index is 0.00110. The zero-order chi connectivity index (χ0) is 20.4. The first kappa shape index (κ1) is 20.6. The van der Waals surface area contributed by atoms with Crippen LogP contribution in [0.2, 0.25) is 0 Å². The zero-order valence-corrected chi connectivity index (χ0v) is 17.3. The zero-order valence-electron chi connectivity index (χ0n) is 16.5. The molecule has 2 unspecified atom stereocenters. The monoisotopic (exact) mass is 408 g/mol. The number of rotatable bonds is 5. The van der Waals surface area contributed by atoms with E-state index in [0.29, 0.717) is 32.4 Å². The Kier molecular flexibility index (Phi) is 5.98. The van der Waals surface area contributed by atoms with Gasteiger partial charge in [-0.25, -0.2) is 13.2 Å². The van der Waals surface area contributed by atoms with Crippen LogP contribution in [0, 0.1) is 0 Å². The fourth-order valence-electron chi connectivity index (χ4n) is 4.17. The second-order valence-corrected chi connectivity index (χ2v) is 9.95. The van der Waals surface area contributed by atoms with E-state index in [4.69, 9.17) is 4.74 Å². The molecule has 0 radical (unpaired) electrons. The largest absolute Gasteiger partial charge is 0.445 e. The number of amides is 2. The van der Waals surface area contributed by atoms with Gasteiger partial charge in [0.25, 0.3) is 0 Å². The van der Waals surface area contributed by atoms with Crippen LogP contribution < -0.4 is 0 Å². The van der Waals surface area contributed by atoms with E-state index in [9.17, 15) is 18.0 Å². The van der Waals surface area contributed by atoms with Gasteiger partial charge in [-0.1, -0.05) is 30.3 Å². The second-order valence-electron chi connectivity index (χ2n) is 7.72. The lowest BCUT2D eigenvalue weighted by atomic mass is 9.96. The molecule has 0 saturated carbocycles. The normalized spacial score (nSPS) is 26.2. The van der Waals surface area contributed by atoms with Gasteiger partial charge >= 0.3 is 6.09 Å². The van der Waals surface area contributed by atoms with Gasteiger partial charge in [0.15, 0.2) is 9.84 Å². The van der Waals surface area contributed by atoms with Gasteiger partial charge in [0.05, 0.1) is 11.5 Å². The third kappa shape index (κ3) is 4.16. The maximum atomic E-state index is 13.4. The maximum Gasteiger partial charge on any atom is 0.410 e. The van der Waals surface area contributed by atoms with Crippen LogP contribution in [-0.4, -0.2) is 66.4 Å². The molecule has 2 atom stereocenters. The van der Waals surface area contributed by atoms with Crippen molar-refractivity contribution in [2.24, 2.45) is 0 Å². The number of sulfone groups is 1. The number of hydrogen-bond donors (Lipinski definition) is 0. The van der Waals surface area contributed by atoms with Crippen LogP contribution in [0.4, 0.5) is 4.79 Å². The molecule has 28 heavy (non-hydrogen) atoms. The first-order chi connectivity index (χ1) is 13.3. The summed E-state index contributed by atoms with van der Waals surface area (Å²) in [7, 11) is -3.10. The molecule has 154 valence electrons. The Hall–Kier alpha value is -2.09. The van der Waals surface area contributed by atoms with Gasteiger partial charge in [-0.3, -0.25) is 9.69 Å². The number of likely N-dealkylation sites (N-methyl/N-ethyl adjacent to an activating group) is 1. The van der Waals surface area contributed by atoms with Crippen LogP contribution in [-0.2, 0) is 26.0 Å². The third-order valence-electron chi connectivity index (χ3n) is 5.78. The first-order valence-corrected chi connectivity index (χ1v) is 11.6. The van der Waals surface area contributed by atoms with E-state index in [-0.39, 0.29) is 30.1 Å². The number of carbonyl (C=O) groups excluding carboxylic acids is 2. The van der Waals surface area contributed by atoms with Gasteiger partial charge in [0.2, 0.25) is 5.91 Å². The van der Waals surface area contributed by atoms with E-state index >= 15 is 0 Å². The molecule has 2 saturated heterocycles. The van der Waals surface area contributed by atoms with E-state index in [2.05, 4.69) is 0 Å². The van der Waals surface area contributed by atoms with E-state index in [1.54, 1.807) is 11.8 Å². The van der Waals surface area contributed by atoms with E-state index < -0.39 is 21.5 Å². The second kappa shape index (κ2) is 8.11. The van der Waals surface area contributed by atoms with Crippen LogP contribution in [0.15, 0.2) is 30.3 Å². The summed E-state index contributed by atoms with van der Waals surface area (Å²) in [6.07, 6.45) is 1.20. The Morgan fingerprint density at radius 3 is 2.61 bits per heavy atom. The lowest BCUT2D eigenvalue weighted by Crippen LogP contribution is -2.58. The molecule has 2 heterocycles. The molecule has 2 aliphatic rings. The van der Waals surface area contributed by atoms with Crippen molar-refractivity contribution in [2.45, 2.75) is 51.3 Å². The average molecular weight is 409 g/mol. The van der Waals surface area contributed by atoms with Crippen LogP contribution in [0.5, 0.6) is 0 Å². The molecule has 0 spiro atoms. The lowest BCUT2D eigenvalue weighted by molar-refractivity contribution is -0.143. The van der Waals surface area contributed by atoms with Crippen LogP contribution in [0.25, 0.3) is 0 Å². The number of hydrogen-bond acceptors (Lipinski definition) is 5. The van der Waals surface area contributed by atoms with Gasteiger partial charge in [-0.15, -0.1) is 0 Å². The number of benzene rings is 1. The number of carbonyl (C=O) groups is 2. The van der Waals surface area contributed by atoms with Gasteiger partial charge in [-0.05, 0) is 38.7 Å². The molecule has 2 amide bonds.